The fraction of sp³-hybridized carbons (Fsp3) is 0.409. The molecular weight excluding hydrogens is 306 g/mol. The van der Waals surface area contributed by atoms with Crippen molar-refractivity contribution in [1.82, 2.24) is 9.80 Å². The van der Waals surface area contributed by atoms with Crippen LogP contribution in [0.4, 0.5) is 0 Å². The van der Waals surface area contributed by atoms with E-state index in [4.69, 9.17) is 0 Å². The van der Waals surface area contributed by atoms with E-state index in [2.05, 4.69) is 70.3 Å². The van der Waals surface area contributed by atoms with E-state index >= 15 is 0 Å². The van der Waals surface area contributed by atoms with Crippen LogP contribution in [-0.2, 0) is 0 Å². The molecule has 0 spiro atoms. The molecule has 0 amide bonds. The molecule has 2 aliphatic rings. The molecule has 1 atom stereocenters. The third-order valence-corrected chi connectivity index (χ3v) is 5.67. The summed E-state index contributed by atoms with van der Waals surface area (Å²) >= 11 is 0. The highest BCUT2D eigenvalue weighted by atomic mass is 15.2. The average molecular weight is 333 g/mol. The van der Waals surface area contributed by atoms with Crippen LogP contribution in [0.2, 0.25) is 0 Å². The Balaban J connectivity index is 1.51. The Morgan fingerprint density at radius 2 is 1.84 bits per heavy atom. The summed E-state index contributed by atoms with van der Waals surface area (Å²) in [6.07, 6.45) is 8.80. The van der Waals surface area contributed by atoms with Crippen molar-refractivity contribution in [2.45, 2.75) is 25.8 Å². The lowest BCUT2D eigenvalue weighted by Crippen LogP contribution is -2.39. The zero-order valence-corrected chi connectivity index (χ0v) is 15.0. The Labute approximate surface area is 150 Å². The van der Waals surface area contributed by atoms with Gasteiger partial charge in [-0.05, 0) is 66.9 Å². The zero-order valence-electron chi connectivity index (χ0n) is 15.0. The minimum Gasteiger partial charge on any atom is -0.352 e. The number of rotatable bonds is 4. The number of fused-ring (bicyclic) bond motifs is 1. The number of piperidine rings is 1. The van der Waals surface area contributed by atoms with E-state index < -0.39 is 0 Å². The van der Waals surface area contributed by atoms with E-state index in [1.165, 1.54) is 48.8 Å². The molecule has 1 unspecified atom stereocenters. The van der Waals surface area contributed by atoms with Gasteiger partial charge in [0, 0.05) is 12.7 Å². The number of likely N-dealkylation sites (tertiary alicyclic amines) is 1. The van der Waals surface area contributed by atoms with Crippen molar-refractivity contribution in [2.75, 3.05) is 26.2 Å². The van der Waals surface area contributed by atoms with Gasteiger partial charge in [-0.15, -0.1) is 0 Å². The minimum absolute atomic E-state index is 0.298. The molecule has 0 radical (unpaired) electrons. The summed E-state index contributed by atoms with van der Waals surface area (Å²) in [4.78, 5) is 9.39. The van der Waals surface area contributed by atoms with Crippen LogP contribution in [0, 0.1) is 5.92 Å². The summed E-state index contributed by atoms with van der Waals surface area (Å²) in [5.74, 6) is 0.767. The Bertz CT molecular complexity index is 772. The number of hydrogen-bond donors (Lipinski definition) is 0. The van der Waals surface area contributed by atoms with E-state index in [0.29, 0.717) is 6.04 Å². The van der Waals surface area contributed by atoms with Crippen molar-refractivity contribution >= 4 is 17.1 Å². The molecule has 2 aliphatic heterocycles. The summed E-state index contributed by atoms with van der Waals surface area (Å²) in [5, 5.41) is 2.62. The average Bonchev–Trinajstić information content (AvgIpc) is 2.69. The standard InChI is InChI=1S/C22H27N3/c1-2-24-13-10-18(11-14-24)16-25-17-23-12-9-22(25)21-8-7-19-5-3-4-6-20(19)15-21/h3-9,12,15,17-18,22H,2,10-11,13-14,16H2,1H3. The van der Waals surface area contributed by atoms with Crippen molar-refractivity contribution in [2.24, 2.45) is 10.9 Å². The maximum atomic E-state index is 4.40. The predicted octanol–water partition coefficient (Wildman–Crippen LogP) is 4.47. The van der Waals surface area contributed by atoms with Crippen molar-refractivity contribution in [3.63, 3.8) is 0 Å². The van der Waals surface area contributed by atoms with E-state index in [0.717, 1.165) is 12.5 Å². The van der Waals surface area contributed by atoms with Crippen LogP contribution in [0.15, 0.2) is 59.7 Å². The summed E-state index contributed by atoms with van der Waals surface area (Å²) in [7, 11) is 0. The minimum atomic E-state index is 0.298. The van der Waals surface area contributed by atoms with E-state index in [9.17, 15) is 0 Å². The first-order valence-electron chi connectivity index (χ1n) is 9.50. The molecule has 1 fully saturated rings. The topological polar surface area (TPSA) is 18.8 Å². The first-order valence-corrected chi connectivity index (χ1v) is 9.50. The predicted molar refractivity (Wildman–Crippen MR) is 106 cm³/mol. The molecule has 3 heteroatoms. The monoisotopic (exact) mass is 333 g/mol. The van der Waals surface area contributed by atoms with Crippen LogP contribution in [0.25, 0.3) is 10.8 Å². The fourth-order valence-corrected chi connectivity index (χ4v) is 4.08. The van der Waals surface area contributed by atoms with Gasteiger partial charge in [-0.1, -0.05) is 43.3 Å². The summed E-state index contributed by atoms with van der Waals surface area (Å²) < 4.78 is 0. The number of aliphatic imine (C=N–C) groups is 1. The van der Waals surface area contributed by atoms with Gasteiger partial charge in [0.15, 0.2) is 0 Å². The molecule has 130 valence electrons. The third-order valence-electron chi connectivity index (χ3n) is 5.67. The van der Waals surface area contributed by atoms with Crippen LogP contribution >= 0.6 is 0 Å². The van der Waals surface area contributed by atoms with Crippen LogP contribution in [0.3, 0.4) is 0 Å². The highest BCUT2D eigenvalue weighted by Crippen LogP contribution is 2.29. The van der Waals surface area contributed by atoms with Gasteiger partial charge in [-0.25, -0.2) is 4.99 Å². The SMILES string of the molecule is CCN1CCC(CN2C=NC=CC2c2ccc3ccccc3c2)CC1. The van der Waals surface area contributed by atoms with Crippen molar-refractivity contribution in [3.05, 3.63) is 60.3 Å². The van der Waals surface area contributed by atoms with Crippen LogP contribution < -0.4 is 0 Å². The maximum Gasteiger partial charge on any atom is 0.0912 e. The van der Waals surface area contributed by atoms with Gasteiger partial charge in [-0.2, -0.15) is 0 Å². The third kappa shape index (κ3) is 3.62. The first-order chi connectivity index (χ1) is 12.3. The van der Waals surface area contributed by atoms with Gasteiger partial charge >= 0.3 is 0 Å². The zero-order chi connectivity index (χ0) is 17.1. The summed E-state index contributed by atoms with van der Waals surface area (Å²) in [6, 6.07) is 15.7. The Kier molecular flexibility index (Phi) is 4.84. The van der Waals surface area contributed by atoms with Crippen molar-refractivity contribution < 1.29 is 0 Å². The fourth-order valence-electron chi connectivity index (χ4n) is 4.08. The maximum absolute atomic E-state index is 4.40. The lowest BCUT2D eigenvalue weighted by atomic mass is 9.94. The molecule has 2 aromatic carbocycles. The van der Waals surface area contributed by atoms with Gasteiger partial charge < -0.3 is 9.80 Å². The molecule has 3 nitrogen and oxygen atoms in total. The van der Waals surface area contributed by atoms with Crippen LogP contribution in [0.5, 0.6) is 0 Å². The number of nitrogens with zero attached hydrogens (tertiary/aromatic N) is 3. The Hall–Kier alpha value is -2.13. The molecule has 0 bridgehead atoms. The molecule has 0 saturated carbocycles. The van der Waals surface area contributed by atoms with Gasteiger partial charge in [0.2, 0.25) is 0 Å². The molecular formula is C22H27N3. The number of benzene rings is 2. The highest BCUT2D eigenvalue weighted by Gasteiger charge is 2.24. The molecule has 25 heavy (non-hydrogen) atoms. The molecule has 0 aromatic heterocycles. The largest absolute Gasteiger partial charge is 0.352 e. The molecule has 2 heterocycles. The Morgan fingerprint density at radius 1 is 1.04 bits per heavy atom. The van der Waals surface area contributed by atoms with Crippen LogP contribution in [0.1, 0.15) is 31.4 Å². The molecule has 4 rings (SSSR count). The lowest BCUT2D eigenvalue weighted by Gasteiger charge is -2.37. The lowest BCUT2D eigenvalue weighted by molar-refractivity contribution is 0.167. The second-order valence-corrected chi connectivity index (χ2v) is 7.23. The summed E-state index contributed by atoms with van der Waals surface area (Å²) in [6.45, 7) is 7.02. The van der Waals surface area contributed by atoms with Gasteiger partial charge in [0.25, 0.3) is 0 Å². The van der Waals surface area contributed by atoms with Gasteiger partial charge in [0.05, 0.1) is 12.4 Å². The molecule has 0 N–H and O–H groups in total. The van der Waals surface area contributed by atoms with Crippen molar-refractivity contribution in [3.8, 4) is 0 Å². The highest BCUT2D eigenvalue weighted by molar-refractivity contribution is 5.83. The van der Waals surface area contributed by atoms with E-state index in [-0.39, 0.29) is 0 Å². The second kappa shape index (κ2) is 7.40. The summed E-state index contributed by atoms with van der Waals surface area (Å²) in [5.41, 5.74) is 1.35. The van der Waals surface area contributed by atoms with E-state index in [1.807, 2.05) is 12.5 Å². The molecule has 2 aromatic rings. The quantitative estimate of drug-likeness (QED) is 0.822. The van der Waals surface area contributed by atoms with E-state index in [1.54, 1.807) is 0 Å². The van der Waals surface area contributed by atoms with Gasteiger partial charge in [-0.3, -0.25) is 0 Å². The first kappa shape index (κ1) is 16.3. The normalized spacial score (nSPS) is 22.0. The molecule has 0 aliphatic carbocycles. The number of hydrogen-bond acceptors (Lipinski definition) is 3. The van der Waals surface area contributed by atoms with Crippen molar-refractivity contribution in [1.29, 1.82) is 0 Å². The van der Waals surface area contributed by atoms with Gasteiger partial charge in [0.1, 0.15) is 0 Å². The van der Waals surface area contributed by atoms with Crippen LogP contribution in [-0.4, -0.2) is 42.3 Å². The Morgan fingerprint density at radius 3 is 2.64 bits per heavy atom. The molecule has 1 saturated heterocycles. The smallest absolute Gasteiger partial charge is 0.0912 e. The second-order valence-electron chi connectivity index (χ2n) is 7.23.